The highest BCUT2D eigenvalue weighted by Gasteiger charge is 2.19. The van der Waals surface area contributed by atoms with Gasteiger partial charge in [-0.25, -0.2) is 0 Å². The number of amides is 1. The SMILES string of the molecule is Cc1cccc(C)c1NC(=O)C(=S)NC1CCCC1. The number of rotatable bonds is 2. The second kappa shape index (κ2) is 6.15. The number of thiocarbonyl (C=S) groups is 1. The van der Waals surface area contributed by atoms with Crippen LogP contribution in [0.1, 0.15) is 36.8 Å². The minimum atomic E-state index is -0.209. The molecular formula is C15H20N2OS. The lowest BCUT2D eigenvalue weighted by Gasteiger charge is -2.16. The maximum Gasteiger partial charge on any atom is 0.283 e. The summed E-state index contributed by atoms with van der Waals surface area (Å²) in [6.45, 7) is 3.96. The lowest BCUT2D eigenvalue weighted by molar-refractivity contribution is -0.110. The summed E-state index contributed by atoms with van der Waals surface area (Å²) in [6, 6.07) is 6.32. The molecule has 1 aliphatic rings. The number of carbonyl (C=O) groups is 1. The zero-order valence-corrected chi connectivity index (χ0v) is 12.3. The first-order chi connectivity index (χ1) is 9.08. The summed E-state index contributed by atoms with van der Waals surface area (Å²) in [5, 5.41) is 6.07. The van der Waals surface area contributed by atoms with Crippen LogP contribution in [0.4, 0.5) is 5.69 Å². The fourth-order valence-electron chi connectivity index (χ4n) is 2.50. The number of benzene rings is 1. The van der Waals surface area contributed by atoms with E-state index in [2.05, 4.69) is 10.6 Å². The maximum absolute atomic E-state index is 12.1. The molecule has 0 bridgehead atoms. The van der Waals surface area contributed by atoms with E-state index in [0.717, 1.165) is 29.7 Å². The molecule has 0 atom stereocenters. The van der Waals surface area contributed by atoms with Crippen LogP contribution in [0.15, 0.2) is 18.2 Å². The molecule has 102 valence electrons. The molecule has 0 radical (unpaired) electrons. The van der Waals surface area contributed by atoms with Gasteiger partial charge >= 0.3 is 0 Å². The average Bonchev–Trinajstić information content (AvgIpc) is 2.86. The van der Waals surface area contributed by atoms with Gasteiger partial charge in [-0.2, -0.15) is 0 Å². The molecule has 2 rings (SSSR count). The van der Waals surface area contributed by atoms with Crippen molar-refractivity contribution in [3.8, 4) is 0 Å². The molecule has 0 aliphatic heterocycles. The van der Waals surface area contributed by atoms with Gasteiger partial charge in [0.15, 0.2) is 4.99 Å². The minimum Gasteiger partial charge on any atom is -0.369 e. The van der Waals surface area contributed by atoms with E-state index < -0.39 is 0 Å². The monoisotopic (exact) mass is 276 g/mol. The lowest BCUT2D eigenvalue weighted by Crippen LogP contribution is -2.39. The van der Waals surface area contributed by atoms with Gasteiger partial charge in [-0.05, 0) is 37.8 Å². The Bertz CT molecular complexity index is 473. The highest BCUT2D eigenvalue weighted by atomic mass is 32.1. The number of aryl methyl sites for hydroxylation is 2. The second-order valence-electron chi connectivity index (χ2n) is 5.18. The van der Waals surface area contributed by atoms with Crippen LogP contribution in [-0.4, -0.2) is 16.9 Å². The first kappa shape index (κ1) is 14.0. The maximum atomic E-state index is 12.1. The molecule has 3 nitrogen and oxygen atoms in total. The smallest absolute Gasteiger partial charge is 0.283 e. The Hall–Kier alpha value is -1.42. The van der Waals surface area contributed by atoms with Gasteiger partial charge in [0.1, 0.15) is 0 Å². The summed E-state index contributed by atoms with van der Waals surface area (Å²) in [5.41, 5.74) is 2.97. The number of para-hydroxylation sites is 1. The van der Waals surface area contributed by atoms with Crippen molar-refractivity contribution in [2.45, 2.75) is 45.6 Å². The molecule has 0 heterocycles. The van der Waals surface area contributed by atoms with Gasteiger partial charge in [-0.1, -0.05) is 43.3 Å². The topological polar surface area (TPSA) is 41.1 Å². The van der Waals surface area contributed by atoms with Crippen molar-refractivity contribution in [3.63, 3.8) is 0 Å². The first-order valence-corrected chi connectivity index (χ1v) is 7.17. The van der Waals surface area contributed by atoms with Gasteiger partial charge in [-0.15, -0.1) is 0 Å². The Labute approximate surface area is 119 Å². The zero-order chi connectivity index (χ0) is 13.8. The molecule has 2 N–H and O–H groups in total. The quantitative estimate of drug-likeness (QED) is 0.816. The molecule has 1 aromatic carbocycles. The zero-order valence-electron chi connectivity index (χ0n) is 11.5. The van der Waals surface area contributed by atoms with Crippen molar-refractivity contribution in [2.75, 3.05) is 5.32 Å². The third-order valence-corrected chi connectivity index (χ3v) is 3.92. The van der Waals surface area contributed by atoms with Crippen LogP contribution >= 0.6 is 12.2 Å². The standard InChI is InChI=1S/C15H20N2OS/c1-10-6-5-7-11(2)13(10)17-14(18)15(19)16-12-8-3-4-9-12/h5-7,12H,3-4,8-9H2,1-2H3,(H,16,19)(H,17,18). The van der Waals surface area contributed by atoms with E-state index in [1.165, 1.54) is 12.8 Å². The van der Waals surface area contributed by atoms with Crippen molar-refractivity contribution >= 4 is 28.8 Å². The molecule has 1 fully saturated rings. The van der Waals surface area contributed by atoms with Crippen molar-refractivity contribution in [1.82, 2.24) is 5.32 Å². The van der Waals surface area contributed by atoms with Crippen LogP contribution in [0.2, 0.25) is 0 Å². The van der Waals surface area contributed by atoms with Crippen LogP contribution in [0.5, 0.6) is 0 Å². The summed E-state index contributed by atoms with van der Waals surface area (Å²) < 4.78 is 0. The van der Waals surface area contributed by atoms with Crippen molar-refractivity contribution < 1.29 is 4.79 Å². The number of nitrogens with one attached hydrogen (secondary N) is 2. The summed E-state index contributed by atoms with van der Waals surface area (Å²) in [6.07, 6.45) is 4.66. The van der Waals surface area contributed by atoms with E-state index in [-0.39, 0.29) is 5.91 Å². The molecule has 0 unspecified atom stereocenters. The van der Waals surface area contributed by atoms with Crippen molar-refractivity contribution in [1.29, 1.82) is 0 Å². The van der Waals surface area contributed by atoms with E-state index >= 15 is 0 Å². The average molecular weight is 276 g/mol. The fraction of sp³-hybridized carbons (Fsp3) is 0.467. The highest BCUT2D eigenvalue weighted by molar-refractivity contribution is 7.82. The molecule has 4 heteroatoms. The van der Waals surface area contributed by atoms with Gasteiger partial charge in [0.25, 0.3) is 5.91 Å². The summed E-state index contributed by atoms with van der Waals surface area (Å²) >= 11 is 5.18. The van der Waals surface area contributed by atoms with Crippen LogP contribution in [0.25, 0.3) is 0 Å². The normalized spacial score (nSPS) is 15.3. The molecule has 0 saturated heterocycles. The molecular weight excluding hydrogens is 256 g/mol. The predicted octanol–water partition coefficient (Wildman–Crippen LogP) is 3.10. The van der Waals surface area contributed by atoms with E-state index in [1.54, 1.807) is 0 Å². The van der Waals surface area contributed by atoms with Gasteiger partial charge < -0.3 is 10.6 Å². The molecule has 1 aromatic rings. The van der Waals surface area contributed by atoms with E-state index in [0.29, 0.717) is 11.0 Å². The van der Waals surface area contributed by atoms with Crippen LogP contribution in [0, 0.1) is 13.8 Å². The Balaban J connectivity index is 1.98. The largest absolute Gasteiger partial charge is 0.369 e. The van der Waals surface area contributed by atoms with Crippen LogP contribution in [0.3, 0.4) is 0 Å². The molecule has 1 amide bonds. The molecule has 19 heavy (non-hydrogen) atoms. The summed E-state index contributed by atoms with van der Waals surface area (Å²) in [4.78, 5) is 12.4. The van der Waals surface area contributed by atoms with Gasteiger partial charge in [0.05, 0.1) is 0 Å². The fourth-order valence-corrected chi connectivity index (χ4v) is 2.72. The first-order valence-electron chi connectivity index (χ1n) is 6.76. The van der Waals surface area contributed by atoms with Crippen LogP contribution in [-0.2, 0) is 4.79 Å². The van der Waals surface area contributed by atoms with Crippen LogP contribution < -0.4 is 10.6 Å². The molecule has 0 aromatic heterocycles. The molecule has 0 spiro atoms. The van der Waals surface area contributed by atoms with E-state index in [9.17, 15) is 4.79 Å². The Morgan fingerprint density at radius 2 is 1.79 bits per heavy atom. The Kier molecular flexibility index (Phi) is 4.53. The third kappa shape index (κ3) is 3.53. The van der Waals surface area contributed by atoms with Crippen molar-refractivity contribution in [3.05, 3.63) is 29.3 Å². The Morgan fingerprint density at radius 1 is 1.21 bits per heavy atom. The number of hydrogen-bond donors (Lipinski definition) is 2. The van der Waals surface area contributed by atoms with Crippen molar-refractivity contribution in [2.24, 2.45) is 0 Å². The second-order valence-corrected chi connectivity index (χ2v) is 5.58. The molecule has 1 saturated carbocycles. The van der Waals surface area contributed by atoms with E-state index in [4.69, 9.17) is 12.2 Å². The van der Waals surface area contributed by atoms with Gasteiger partial charge in [0, 0.05) is 11.7 Å². The van der Waals surface area contributed by atoms with E-state index in [1.807, 2.05) is 32.0 Å². The van der Waals surface area contributed by atoms with Gasteiger partial charge in [0.2, 0.25) is 0 Å². The predicted molar refractivity (Wildman–Crippen MR) is 82.5 cm³/mol. The highest BCUT2D eigenvalue weighted by Crippen LogP contribution is 2.20. The third-order valence-electron chi connectivity index (χ3n) is 3.62. The Morgan fingerprint density at radius 3 is 2.37 bits per heavy atom. The lowest BCUT2D eigenvalue weighted by atomic mass is 10.1. The summed E-state index contributed by atoms with van der Waals surface area (Å²) in [7, 11) is 0. The summed E-state index contributed by atoms with van der Waals surface area (Å²) in [5.74, 6) is -0.209. The number of carbonyl (C=O) groups excluding carboxylic acids is 1. The molecule has 1 aliphatic carbocycles. The van der Waals surface area contributed by atoms with Gasteiger partial charge in [-0.3, -0.25) is 4.79 Å². The number of anilines is 1. The minimum absolute atomic E-state index is 0.209. The number of hydrogen-bond acceptors (Lipinski definition) is 2.